The molecule has 1 heterocycles. The Morgan fingerprint density at radius 1 is 1.44 bits per heavy atom. The van der Waals surface area contributed by atoms with Crippen LogP contribution in [0, 0.1) is 0 Å². The van der Waals surface area contributed by atoms with Gasteiger partial charge in [0, 0.05) is 18.2 Å². The largest absolute Gasteiger partial charge is 0.488 e. The van der Waals surface area contributed by atoms with Gasteiger partial charge in [0.25, 0.3) is 0 Å². The molecule has 0 aromatic heterocycles. The normalized spacial score (nSPS) is 24.6. The Morgan fingerprint density at radius 3 is 2.75 bits per heavy atom. The van der Waals surface area contributed by atoms with Gasteiger partial charge in [-0.15, -0.1) is 0 Å². The number of hydrogen-bond donors (Lipinski definition) is 1. The maximum Gasteiger partial charge on any atom is 0.154 e. The molecule has 1 aliphatic heterocycles. The van der Waals surface area contributed by atoms with Crippen LogP contribution in [-0.4, -0.2) is 32.5 Å². The van der Waals surface area contributed by atoms with Gasteiger partial charge in [-0.25, -0.2) is 8.42 Å². The van der Waals surface area contributed by atoms with Crippen LogP contribution < -0.4 is 4.74 Å². The fourth-order valence-electron chi connectivity index (χ4n) is 1.96. The molecule has 0 amide bonds. The smallest absolute Gasteiger partial charge is 0.154 e. The third-order valence-electron chi connectivity index (χ3n) is 2.76. The van der Waals surface area contributed by atoms with E-state index in [0.717, 1.165) is 0 Å². The minimum Gasteiger partial charge on any atom is -0.488 e. The van der Waals surface area contributed by atoms with E-state index in [2.05, 4.69) is 0 Å². The summed E-state index contributed by atoms with van der Waals surface area (Å²) < 4.78 is 28.8. The number of aliphatic hydroxyl groups excluding tert-OH is 1. The molecule has 1 N–H and O–H groups in total. The summed E-state index contributed by atoms with van der Waals surface area (Å²) in [6.07, 6.45) is 1.09. The number of hydrogen-bond acceptors (Lipinski definition) is 4. The van der Waals surface area contributed by atoms with Crippen molar-refractivity contribution >= 4 is 9.84 Å². The highest BCUT2D eigenvalue weighted by molar-refractivity contribution is 7.90. The van der Waals surface area contributed by atoms with E-state index < -0.39 is 21.2 Å². The van der Waals surface area contributed by atoms with Gasteiger partial charge < -0.3 is 9.84 Å². The van der Waals surface area contributed by atoms with Crippen molar-refractivity contribution in [3.8, 4) is 5.75 Å². The van der Waals surface area contributed by atoms with Gasteiger partial charge in [-0.3, -0.25) is 0 Å². The summed E-state index contributed by atoms with van der Waals surface area (Å²) in [5, 5.41) is 8.51. The van der Waals surface area contributed by atoms with Crippen molar-refractivity contribution in [3.63, 3.8) is 0 Å². The van der Waals surface area contributed by atoms with E-state index in [-0.39, 0.29) is 6.61 Å². The third-order valence-corrected chi connectivity index (χ3v) is 4.24. The second-order valence-corrected chi connectivity index (χ2v) is 6.24. The lowest BCUT2D eigenvalue weighted by Gasteiger charge is -2.30. The van der Waals surface area contributed by atoms with Crippen LogP contribution in [0.3, 0.4) is 0 Å². The van der Waals surface area contributed by atoms with Crippen LogP contribution in [-0.2, 0) is 9.84 Å². The number of para-hydroxylation sites is 1. The Kier molecular flexibility index (Phi) is 2.90. The second-order valence-electron chi connectivity index (χ2n) is 4.01. The lowest BCUT2D eigenvalue weighted by atomic mass is 10.0. The fraction of sp³-hybridized carbons (Fsp3) is 0.455. The summed E-state index contributed by atoms with van der Waals surface area (Å²) in [6.45, 7) is -0.166. The molecule has 0 radical (unpaired) electrons. The van der Waals surface area contributed by atoms with Crippen LogP contribution in [0.2, 0.25) is 0 Å². The van der Waals surface area contributed by atoms with Crippen molar-refractivity contribution in [2.45, 2.75) is 17.8 Å². The van der Waals surface area contributed by atoms with Crippen molar-refractivity contribution < 1.29 is 18.3 Å². The monoisotopic (exact) mass is 242 g/mol. The quantitative estimate of drug-likeness (QED) is 0.837. The summed E-state index contributed by atoms with van der Waals surface area (Å²) >= 11 is 0. The highest BCUT2D eigenvalue weighted by atomic mass is 32.2. The van der Waals surface area contributed by atoms with Gasteiger partial charge in [-0.1, -0.05) is 18.2 Å². The number of rotatable bonds is 2. The molecule has 88 valence electrons. The van der Waals surface area contributed by atoms with Crippen LogP contribution >= 0.6 is 0 Å². The van der Waals surface area contributed by atoms with E-state index in [1.165, 1.54) is 6.26 Å². The SMILES string of the molecule is CS(=O)(=O)[C@@H]1C[C@H](CO)Oc2ccccc21. The molecular weight excluding hydrogens is 228 g/mol. The highest BCUT2D eigenvalue weighted by Crippen LogP contribution is 2.38. The van der Waals surface area contributed by atoms with Crippen LogP contribution in [0.1, 0.15) is 17.2 Å². The van der Waals surface area contributed by atoms with E-state index in [1.54, 1.807) is 24.3 Å². The Labute approximate surface area is 94.8 Å². The van der Waals surface area contributed by atoms with Crippen LogP contribution in [0.15, 0.2) is 24.3 Å². The highest BCUT2D eigenvalue weighted by Gasteiger charge is 2.33. The maximum absolute atomic E-state index is 11.7. The first-order valence-corrected chi connectivity index (χ1v) is 7.03. The Morgan fingerprint density at radius 2 is 2.12 bits per heavy atom. The summed E-state index contributed by atoms with van der Waals surface area (Å²) in [4.78, 5) is 0. The number of ether oxygens (including phenoxy) is 1. The standard InChI is InChI=1S/C11H14O4S/c1-16(13,14)11-6-8(7-12)15-10-5-3-2-4-9(10)11/h2-5,8,11-12H,6-7H2,1H3/t8-,11-/m1/s1. The average molecular weight is 242 g/mol. The van der Waals surface area contributed by atoms with E-state index in [1.807, 2.05) is 0 Å². The molecule has 0 aliphatic carbocycles. The van der Waals surface area contributed by atoms with Crippen LogP contribution in [0.25, 0.3) is 0 Å². The zero-order valence-corrected chi connectivity index (χ0v) is 9.78. The number of fused-ring (bicyclic) bond motifs is 1. The number of sulfone groups is 1. The van der Waals surface area contributed by atoms with Gasteiger partial charge >= 0.3 is 0 Å². The van der Waals surface area contributed by atoms with Gasteiger partial charge in [0.1, 0.15) is 11.9 Å². The van der Waals surface area contributed by atoms with Crippen molar-refractivity contribution in [3.05, 3.63) is 29.8 Å². The first kappa shape index (κ1) is 11.4. The molecule has 2 atom stereocenters. The van der Waals surface area contributed by atoms with Crippen molar-refractivity contribution in [1.82, 2.24) is 0 Å². The van der Waals surface area contributed by atoms with Crippen molar-refractivity contribution in [2.24, 2.45) is 0 Å². The molecule has 16 heavy (non-hydrogen) atoms. The Balaban J connectivity index is 2.47. The number of benzene rings is 1. The molecule has 0 unspecified atom stereocenters. The molecule has 0 bridgehead atoms. The zero-order chi connectivity index (χ0) is 11.8. The zero-order valence-electron chi connectivity index (χ0n) is 8.96. The summed E-state index contributed by atoms with van der Waals surface area (Å²) in [5.74, 6) is 0.559. The fourth-order valence-corrected chi connectivity index (χ4v) is 3.18. The molecular formula is C11H14O4S. The molecule has 1 aromatic rings. The maximum atomic E-state index is 11.7. The predicted molar refractivity (Wildman–Crippen MR) is 60.1 cm³/mol. The minimum atomic E-state index is -3.17. The summed E-state index contributed by atoms with van der Waals surface area (Å²) in [6, 6.07) is 7.07. The second kappa shape index (κ2) is 4.07. The van der Waals surface area contributed by atoms with Crippen molar-refractivity contribution in [1.29, 1.82) is 0 Å². The van der Waals surface area contributed by atoms with Gasteiger partial charge in [-0.2, -0.15) is 0 Å². The van der Waals surface area contributed by atoms with Gasteiger partial charge in [-0.05, 0) is 6.07 Å². The van der Waals surface area contributed by atoms with E-state index in [0.29, 0.717) is 17.7 Å². The summed E-state index contributed by atoms with van der Waals surface area (Å²) in [5.41, 5.74) is 0.690. The third kappa shape index (κ3) is 2.05. The van der Waals surface area contributed by atoms with Crippen molar-refractivity contribution in [2.75, 3.05) is 12.9 Å². The van der Waals surface area contributed by atoms with Gasteiger partial charge in [0.2, 0.25) is 0 Å². The average Bonchev–Trinajstić information content (AvgIpc) is 2.26. The summed E-state index contributed by atoms with van der Waals surface area (Å²) in [7, 11) is -3.17. The molecule has 0 saturated heterocycles. The lowest BCUT2D eigenvalue weighted by molar-refractivity contribution is 0.0960. The molecule has 0 saturated carbocycles. The molecule has 4 nitrogen and oxygen atoms in total. The topological polar surface area (TPSA) is 63.6 Å². The molecule has 0 spiro atoms. The van der Waals surface area contributed by atoms with E-state index in [9.17, 15) is 8.42 Å². The molecule has 1 aromatic carbocycles. The number of aliphatic hydroxyl groups is 1. The first-order valence-electron chi connectivity index (χ1n) is 5.07. The van der Waals surface area contributed by atoms with Gasteiger partial charge in [0.15, 0.2) is 9.84 Å². The lowest BCUT2D eigenvalue weighted by Crippen LogP contribution is -2.31. The van der Waals surface area contributed by atoms with Gasteiger partial charge in [0.05, 0.1) is 11.9 Å². The molecule has 5 heteroatoms. The first-order chi connectivity index (χ1) is 7.52. The predicted octanol–water partition coefficient (Wildman–Crippen LogP) is 0.916. The Hall–Kier alpha value is -1.07. The van der Waals surface area contributed by atoms with E-state index in [4.69, 9.17) is 9.84 Å². The minimum absolute atomic E-state index is 0.166. The van der Waals surface area contributed by atoms with Crippen LogP contribution in [0.4, 0.5) is 0 Å². The molecule has 0 fully saturated rings. The molecule has 1 aliphatic rings. The Bertz CT molecular complexity index is 481. The van der Waals surface area contributed by atoms with E-state index >= 15 is 0 Å². The molecule has 2 rings (SSSR count). The van der Waals surface area contributed by atoms with Crippen LogP contribution in [0.5, 0.6) is 5.75 Å².